The standard InChI is InChI=1S/C20H21NO2/c1-16-7-9-17(10-8-16)11-12-20(22)21(19-13-14-23-15-19)18-5-3-2-4-6-18/h2-12,19H,13-15H2,1H3/b12-11+. The predicted octanol–water partition coefficient (Wildman–Crippen LogP) is 3.83. The van der Waals surface area contributed by atoms with E-state index >= 15 is 0 Å². The first-order valence-electron chi connectivity index (χ1n) is 7.95. The van der Waals surface area contributed by atoms with Gasteiger partial charge in [-0.2, -0.15) is 0 Å². The van der Waals surface area contributed by atoms with E-state index in [0.29, 0.717) is 13.2 Å². The summed E-state index contributed by atoms with van der Waals surface area (Å²) in [7, 11) is 0. The zero-order valence-corrected chi connectivity index (χ0v) is 13.3. The first-order chi connectivity index (χ1) is 11.2. The minimum absolute atomic E-state index is 0.00715. The third kappa shape index (κ3) is 3.88. The fraction of sp³-hybridized carbons (Fsp3) is 0.250. The van der Waals surface area contributed by atoms with E-state index in [4.69, 9.17) is 4.74 Å². The number of rotatable bonds is 4. The Morgan fingerprint density at radius 3 is 2.52 bits per heavy atom. The molecule has 1 heterocycles. The van der Waals surface area contributed by atoms with Crippen LogP contribution in [0.1, 0.15) is 17.5 Å². The Morgan fingerprint density at radius 2 is 1.87 bits per heavy atom. The van der Waals surface area contributed by atoms with Crippen LogP contribution in [-0.4, -0.2) is 25.2 Å². The van der Waals surface area contributed by atoms with Gasteiger partial charge in [-0.3, -0.25) is 4.79 Å². The summed E-state index contributed by atoms with van der Waals surface area (Å²) >= 11 is 0. The van der Waals surface area contributed by atoms with Crippen LogP contribution in [0.25, 0.3) is 6.08 Å². The summed E-state index contributed by atoms with van der Waals surface area (Å²) in [5.74, 6) is -0.00715. The summed E-state index contributed by atoms with van der Waals surface area (Å²) < 4.78 is 5.47. The molecule has 3 nitrogen and oxygen atoms in total. The van der Waals surface area contributed by atoms with E-state index in [9.17, 15) is 4.79 Å². The van der Waals surface area contributed by atoms with E-state index in [2.05, 4.69) is 6.92 Å². The normalized spacial score (nSPS) is 17.5. The lowest BCUT2D eigenvalue weighted by atomic mass is 10.1. The first kappa shape index (κ1) is 15.5. The maximum atomic E-state index is 12.8. The number of carbonyl (C=O) groups is 1. The highest BCUT2D eigenvalue weighted by Gasteiger charge is 2.27. The zero-order valence-electron chi connectivity index (χ0n) is 13.3. The molecule has 23 heavy (non-hydrogen) atoms. The highest BCUT2D eigenvalue weighted by molar-refractivity contribution is 6.04. The topological polar surface area (TPSA) is 29.5 Å². The SMILES string of the molecule is Cc1ccc(/C=C/C(=O)N(c2ccccc2)C2CCOC2)cc1. The smallest absolute Gasteiger partial charge is 0.251 e. The van der Waals surface area contributed by atoms with E-state index in [1.807, 2.05) is 65.6 Å². The third-order valence-corrected chi connectivity index (χ3v) is 4.04. The number of ether oxygens (including phenoxy) is 1. The van der Waals surface area contributed by atoms with E-state index in [-0.39, 0.29) is 11.9 Å². The van der Waals surface area contributed by atoms with Crippen molar-refractivity contribution in [3.8, 4) is 0 Å². The van der Waals surface area contributed by atoms with Crippen molar-refractivity contribution in [2.45, 2.75) is 19.4 Å². The van der Waals surface area contributed by atoms with Gasteiger partial charge in [-0.05, 0) is 37.1 Å². The highest BCUT2D eigenvalue weighted by Crippen LogP contribution is 2.22. The van der Waals surface area contributed by atoms with Crippen LogP contribution >= 0.6 is 0 Å². The van der Waals surface area contributed by atoms with Gasteiger partial charge in [0.1, 0.15) is 0 Å². The Kier molecular flexibility index (Phi) is 4.89. The maximum Gasteiger partial charge on any atom is 0.251 e. The number of aryl methyl sites for hydroxylation is 1. The van der Waals surface area contributed by atoms with Gasteiger partial charge >= 0.3 is 0 Å². The highest BCUT2D eigenvalue weighted by atomic mass is 16.5. The maximum absolute atomic E-state index is 12.8. The van der Waals surface area contributed by atoms with Gasteiger partial charge in [0.2, 0.25) is 0 Å². The van der Waals surface area contributed by atoms with E-state index in [1.54, 1.807) is 6.08 Å². The number of para-hydroxylation sites is 1. The Bertz CT molecular complexity index is 671. The molecule has 0 spiro atoms. The van der Waals surface area contributed by atoms with Crippen LogP contribution in [0, 0.1) is 6.92 Å². The van der Waals surface area contributed by atoms with Crippen molar-refractivity contribution in [3.63, 3.8) is 0 Å². The largest absolute Gasteiger partial charge is 0.379 e. The molecule has 1 aliphatic heterocycles. The van der Waals surface area contributed by atoms with Crippen LogP contribution in [0.2, 0.25) is 0 Å². The molecule has 1 amide bonds. The Hall–Kier alpha value is -2.39. The average molecular weight is 307 g/mol. The van der Waals surface area contributed by atoms with Crippen molar-refractivity contribution in [3.05, 3.63) is 71.8 Å². The molecule has 1 saturated heterocycles. The minimum Gasteiger partial charge on any atom is -0.379 e. The summed E-state index contributed by atoms with van der Waals surface area (Å²) in [5.41, 5.74) is 3.16. The first-order valence-corrected chi connectivity index (χ1v) is 7.95. The number of anilines is 1. The number of nitrogens with zero attached hydrogens (tertiary/aromatic N) is 1. The molecule has 0 N–H and O–H groups in total. The van der Waals surface area contributed by atoms with Gasteiger partial charge in [-0.1, -0.05) is 48.0 Å². The van der Waals surface area contributed by atoms with Crippen molar-refractivity contribution in [2.75, 3.05) is 18.1 Å². The van der Waals surface area contributed by atoms with E-state index in [1.165, 1.54) is 5.56 Å². The average Bonchev–Trinajstić information content (AvgIpc) is 3.10. The van der Waals surface area contributed by atoms with Crippen LogP contribution < -0.4 is 4.90 Å². The molecule has 2 aromatic carbocycles. The molecule has 2 aromatic rings. The molecule has 0 bridgehead atoms. The second-order valence-electron chi connectivity index (χ2n) is 5.81. The molecule has 1 fully saturated rings. The molecule has 1 unspecified atom stereocenters. The molecular formula is C20H21NO2. The Balaban J connectivity index is 1.81. The monoisotopic (exact) mass is 307 g/mol. The van der Waals surface area contributed by atoms with Crippen molar-refractivity contribution in [1.82, 2.24) is 0 Å². The molecule has 0 aliphatic carbocycles. The lowest BCUT2D eigenvalue weighted by molar-refractivity contribution is -0.114. The second kappa shape index (κ2) is 7.25. The molecule has 3 rings (SSSR count). The van der Waals surface area contributed by atoms with Gasteiger partial charge in [0.25, 0.3) is 5.91 Å². The molecule has 1 atom stereocenters. The number of hydrogen-bond acceptors (Lipinski definition) is 2. The van der Waals surface area contributed by atoms with Crippen molar-refractivity contribution >= 4 is 17.7 Å². The quantitative estimate of drug-likeness (QED) is 0.803. The Morgan fingerprint density at radius 1 is 1.13 bits per heavy atom. The van der Waals surface area contributed by atoms with Gasteiger partial charge in [0.05, 0.1) is 12.6 Å². The van der Waals surface area contributed by atoms with Crippen molar-refractivity contribution in [1.29, 1.82) is 0 Å². The summed E-state index contributed by atoms with van der Waals surface area (Å²) in [4.78, 5) is 14.6. The molecule has 1 aliphatic rings. The van der Waals surface area contributed by atoms with Gasteiger partial charge in [-0.25, -0.2) is 0 Å². The van der Waals surface area contributed by atoms with Gasteiger partial charge in [-0.15, -0.1) is 0 Å². The van der Waals surface area contributed by atoms with Gasteiger partial charge < -0.3 is 9.64 Å². The fourth-order valence-electron chi connectivity index (χ4n) is 2.76. The molecular weight excluding hydrogens is 286 g/mol. The predicted molar refractivity (Wildman–Crippen MR) is 93.4 cm³/mol. The summed E-state index contributed by atoms with van der Waals surface area (Å²) in [5, 5.41) is 0. The lowest BCUT2D eigenvalue weighted by Gasteiger charge is -2.27. The number of amides is 1. The molecule has 0 aromatic heterocycles. The zero-order chi connectivity index (χ0) is 16.1. The Labute approximate surface area is 137 Å². The van der Waals surface area contributed by atoms with E-state index < -0.39 is 0 Å². The molecule has 3 heteroatoms. The molecule has 0 saturated carbocycles. The van der Waals surface area contributed by atoms with Crippen LogP contribution in [0.15, 0.2) is 60.7 Å². The summed E-state index contributed by atoms with van der Waals surface area (Å²) in [6, 6.07) is 18.0. The number of hydrogen-bond donors (Lipinski definition) is 0. The molecule has 118 valence electrons. The van der Waals surface area contributed by atoms with E-state index in [0.717, 1.165) is 17.7 Å². The number of carbonyl (C=O) groups excluding carboxylic acids is 1. The van der Waals surface area contributed by atoms with Crippen LogP contribution in [0.4, 0.5) is 5.69 Å². The summed E-state index contributed by atoms with van der Waals surface area (Å²) in [6.07, 6.45) is 4.39. The van der Waals surface area contributed by atoms with Gasteiger partial charge in [0.15, 0.2) is 0 Å². The lowest BCUT2D eigenvalue weighted by Crippen LogP contribution is -2.40. The third-order valence-electron chi connectivity index (χ3n) is 4.04. The second-order valence-corrected chi connectivity index (χ2v) is 5.81. The van der Waals surface area contributed by atoms with Gasteiger partial charge in [0, 0.05) is 18.4 Å². The van der Waals surface area contributed by atoms with Crippen LogP contribution in [0.5, 0.6) is 0 Å². The number of benzene rings is 2. The van der Waals surface area contributed by atoms with Crippen molar-refractivity contribution < 1.29 is 9.53 Å². The fourth-order valence-corrected chi connectivity index (χ4v) is 2.76. The summed E-state index contributed by atoms with van der Waals surface area (Å²) in [6.45, 7) is 3.36. The van der Waals surface area contributed by atoms with Crippen molar-refractivity contribution in [2.24, 2.45) is 0 Å². The van der Waals surface area contributed by atoms with Crippen LogP contribution in [0.3, 0.4) is 0 Å². The molecule has 0 radical (unpaired) electrons. The van der Waals surface area contributed by atoms with Crippen LogP contribution in [-0.2, 0) is 9.53 Å². The minimum atomic E-state index is -0.00715.